The summed E-state index contributed by atoms with van der Waals surface area (Å²) in [5.74, 6) is 0.499. The smallest absolute Gasteiger partial charge is 0.186 e. The monoisotopic (exact) mass is 401 g/mol. The molecule has 2 heterocycles. The van der Waals surface area contributed by atoms with E-state index in [1.165, 1.54) is 23.1 Å². The van der Waals surface area contributed by atoms with Gasteiger partial charge in [0.2, 0.25) is 0 Å². The summed E-state index contributed by atoms with van der Waals surface area (Å²) in [7, 11) is 1.67. The number of methoxy groups -OCH3 is 1. The highest BCUT2D eigenvalue weighted by Gasteiger charge is 2.39. The fourth-order valence-corrected chi connectivity index (χ4v) is 4.92. The number of Topliss-reactive ketones (excluding diaryl/α,β-unsaturated/α-hetero) is 1. The van der Waals surface area contributed by atoms with Crippen LogP contribution in [0, 0.1) is 12.3 Å². The van der Waals surface area contributed by atoms with Crippen LogP contribution in [0.3, 0.4) is 0 Å². The number of ether oxygens (including phenoxy) is 1. The van der Waals surface area contributed by atoms with Gasteiger partial charge in [-0.1, -0.05) is 32.5 Å². The van der Waals surface area contributed by atoms with Gasteiger partial charge in [0.05, 0.1) is 17.1 Å². The van der Waals surface area contributed by atoms with E-state index in [1.807, 2.05) is 26.0 Å². The lowest BCUT2D eigenvalue weighted by Gasteiger charge is -2.15. The number of hydrogen-bond acceptors (Lipinski definition) is 7. The van der Waals surface area contributed by atoms with Crippen molar-refractivity contribution in [2.75, 3.05) is 7.11 Å². The van der Waals surface area contributed by atoms with Crippen molar-refractivity contribution in [3.63, 3.8) is 0 Å². The minimum atomic E-state index is -0.609. The molecule has 142 valence electrons. The highest BCUT2D eigenvalue weighted by atomic mass is 32.2. The van der Waals surface area contributed by atoms with E-state index in [-0.39, 0.29) is 5.78 Å². The normalized spacial score (nSPS) is 18.7. The summed E-state index contributed by atoms with van der Waals surface area (Å²) in [6.07, 6.45) is 2.68. The van der Waals surface area contributed by atoms with Gasteiger partial charge in [-0.05, 0) is 54.2 Å². The molecule has 1 N–H and O–H groups in total. The molecule has 0 radical (unpaired) electrons. The van der Waals surface area contributed by atoms with Crippen molar-refractivity contribution in [3.8, 4) is 5.75 Å². The minimum absolute atomic E-state index is 0.0647. The molecule has 5 nitrogen and oxygen atoms in total. The van der Waals surface area contributed by atoms with E-state index in [9.17, 15) is 4.79 Å². The highest BCUT2D eigenvalue weighted by Crippen LogP contribution is 2.42. The van der Waals surface area contributed by atoms with Gasteiger partial charge in [-0.15, -0.1) is 21.5 Å². The predicted molar refractivity (Wildman–Crippen MR) is 112 cm³/mol. The van der Waals surface area contributed by atoms with Crippen LogP contribution in [0.5, 0.6) is 5.75 Å². The Bertz CT molecular complexity index is 931. The van der Waals surface area contributed by atoms with Crippen molar-refractivity contribution in [2.24, 2.45) is 0 Å². The molecule has 0 amide bonds. The summed E-state index contributed by atoms with van der Waals surface area (Å²) in [5, 5.41) is 18.3. The molecule has 7 heteroatoms. The van der Waals surface area contributed by atoms with E-state index in [1.54, 1.807) is 7.11 Å². The van der Waals surface area contributed by atoms with Gasteiger partial charge in [-0.2, -0.15) is 0 Å². The first kappa shape index (κ1) is 19.8. The fourth-order valence-electron chi connectivity index (χ4n) is 2.98. The lowest BCUT2D eigenvalue weighted by atomic mass is 9.95. The van der Waals surface area contributed by atoms with E-state index >= 15 is 0 Å². The topological polar surface area (TPSA) is 75.9 Å². The zero-order valence-corrected chi connectivity index (χ0v) is 17.8. The Hall–Kier alpha value is -1.99. The molecule has 1 fully saturated rings. The standard InChI is InChI=1S/C20H23N3O2S2/c1-6-16-22-23-20(27-16)17-18(24)15(26-19(17)21)9-12-8-13(10(2)3)14(25-5)7-11(12)4/h7-10,17,21H,6H2,1-5H3/b15-9-,21-19?/t17-/m1/s1. The zero-order chi connectivity index (χ0) is 19.7. The van der Waals surface area contributed by atoms with E-state index in [4.69, 9.17) is 10.1 Å². The molecular weight excluding hydrogens is 378 g/mol. The Balaban J connectivity index is 1.97. The van der Waals surface area contributed by atoms with Crippen molar-refractivity contribution < 1.29 is 9.53 Å². The van der Waals surface area contributed by atoms with Gasteiger partial charge in [-0.25, -0.2) is 0 Å². The van der Waals surface area contributed by atoms with E-state index < -0.39 is 5.92 Å². The van der Waals surface area contributed by atoms with Gasteiger partial charge < -0.3 is 4.74 Å². The Morgan fingerprint density at radius 2 is 2.07 bits per heavy atom. The molecule has 3 rings (SSSR count). The number of nitrogens with one attached hydrogen (secondary N) is 1. The summed E-state index contributed by atoms with van der Waals surface area (Å²) >= 11 is 2.64. The van der Waals surface area contributed by atoms with Crippen molar-refractivity contribution in [1.29, 1.82) is 5.41 Å². The summed E-state index contributed by atoms with van der Waals surface area (Å²) in [4.78, 5) is 13.5. The number of aromatic nitrogens is 2. The number of benzene rings is 1. The van der Waals surface area contributed by atoms with Crippen molar-refractivity contribution in [3.05, 3.63) is 43.7 Å². The number of rotatable bonds is 5. The van der Waals surface area contributed by atoms with E-state index in [0.29, 0.717) is 20.9 Å². The van der Waals surface area contributed by atoms with Crippen LogP contribution in [0.15, 0.2) is 17.0 Å². The third-order valence-electron chi connectivity index (χ3n) is 4.55. The fraction of sp³-hybridized carbons (Fsp3) is 0.400. The molecule has 0 aliphatic carbocycles. The number of thioether (sulfide) groups is 1. The number of hydrogen-bond donors (Lipinski definition) is 1. The molecule has 0 unspecified atom stereocenters. The average Bonchev–Trinajstić information content (AvgIpc) is 3.20. The first-order valence-corrected chi connectivity index (χ1v) is 10.5. The number of carbonyl (C=O) groups excluding carboxylic acids is 1. The number of allylic oxidation sites excluding steroid dienone is 1. The van der Waals surface area contributed by atoms with Gasteiger partial charge in [0, 0.05) is 0 Å². The van der Waals surface area contributed by atoms with Crippen LogP contribution in [0.25, 0.3) is 6.08 Å². The molecule has 2 aromatic rings. The summed E-state index contributed by atoms with van der Waals surface area (Å²) in [5.41, 5.74) is 3.13. The van der Waals surface area contributed by atoms with Crippen LogP contribution in [-0.4, -0.2) is 28.1 Å². The van der Waals surface area contributed by atoms with Gasteiger partial charge in [0.25, 0.3) is 0 Å². The van der Waals surface area contributed by atoms with Crippen molar-refractivity contribution in [1.82, 2.24) is 10.2 Å². The maximum atomic E-state index is 13.0. The van der Waals surface area contributed by atoms with Crippen LogP contribution in [0.1, 0.15) is 59.3 Å². The van der Waals surface area contributed by atoms with Crippen LogP contribution in [-0.2, 0) is 11.2 Å². The number of nitrogens with zero attached hydrogens (tertiary/aromatic N) is 2. The summed E-state index contributed by atoms with van der Waals surface area (Å²) < 4.78 is 5.50. The van der Waals surface area contributed by atoms with Crippen molar-refractivity contribution in [2.45, 2.75) is 46.0 Å². The molecule has 0 saturated carbocycles. The lowest BCUT2D eigenvalue weighted by molar-refractivity contribution is -0.114. The minimum Gasteiger partial charge on any atom is -0.496 e. The SMILES string of the molecule is CCc1nnc([C@H]2C(=N)S/C(=C\c3cc(C(C)C)c(OC)cc3C)C2=O)s1. The Morgan fingerprint density at radius 1 is 1.33 bits per heavy atom. The third-order valence-corrected chi connectivity index (χ3v) is 6.67. The maximum absolute atomic E-state index is 13.0. The lowest BCUT2D eigenvalue weighted by Crippen LogP contribution is -2.11. The number of aryl methyl sites for hydroxylation is 2. The zero-order valence-electron chi connectivity index (χ0n) is 16.1. The quantitative estimate of drug-likeness (QED) is 0.717. The van der Waals surface area contributed by atoms with E-state index in [2.05, 4.69) is 30.1 Å². The number of carbonyl (C=O) groups is 1. The molecular formula is C20H23N3O2S2. The van der Waals surface area contributed by atoms with Gasteiger partial charge in [0.1, 0.15) is 21.7 Å². The number of ketones is 1. The van der Waals surface area contributed by atoms with E-state index in [0.717, 1.165) is 33.9 Å². The maximum Gasteiger partial charge on any atom is 0.186 e. The van der Waals surface area contributed by atoms with Crippen molar-refractivity contribution >= 4 is 40.0 Å². The second kappa shape index (κ2) is 7.94. The van der Waals surface area contributed by atoms with Crippen LogP contribution in [0.4, 0.5) is 0 Å². The molecule has 27 heavy (non-hydrogen) atoms. The van der Waals surface area contributed by atoms with Crippen LogP contribution in [0.2, 0.25) is 0 Å². The molecule has 1 atom stereocenters. The second-order valence-corrected chi connectivity index (χ2v) is 8.94. The Labute approximate surface area is 167 Å². The largest absolute Gasteiger partial charge is 0.496 e. The first-order valence-electron chi connectivity index (χ1n) is 8.88. The molecule has 1 aliphatic heterocycles. The molecule has 1 aromatic heterocycles. The Kier molecular flexibility index (Phi) is 5.81. The summed E-state index contributed by atoms with van der Waals surface area (Å²) in [6, 6.07) is 4.09. The average molecular weight is 402 g/mol. The molecule has 1 aliphatic rings. The molecule has 0 bridgehead atoms. The van der Waals surface area contributed by atoms with Gasteiger partial charge in [0.15, 0.2) is 5.78 Å². The first-order chi connectivity index (χ1) is 12.8. The Morgan fingerprint density at radius 3 is 2.67 bits per heavy atom. The molecule has 1 aromatic carbocycles. The second-order valence-electron chi connectivity index (χ2n) is 6.77. The van der Waals surface area contributed by atoms with Crippen LogP contribution < -0.4 is 4.74 Å². The third kappa shape index (κ3) is 3.84. The summed E-state index contributed by atoms with van der Waals surface area (Å²) in [6.45, 7) is 8.24. The van der Waals surface area contributed by atoms with Gasteiger partial charge >= 0.3 is 0 Å². The molecule has 0 spiro atoms. The molecule has 1 saturated heterocycles. The predicted octanol–water partition coefficient (Wildman–Crippen LogP) is 4.96. The van der Waals surface area contributed by atoms with Gasteiger partial charge in [-0.3, -0.25) is 10.2 Å². The van der Waals surface area contributed by atoms with Crippen LogP contribution >= 0.6 is 23.1 Å². The highest BCUT2D eigenvalue weighted by molar-refractivity contribution is 8.19.